The number of halogens is 6. The standard InChI is InChI=1S/C21H11F6N3O2/c22-12-4-3-11(15(23)6-12)9-30-10-29-19(31)13-7-18(16(24)8-17(13)30)32-20-14(21(25,26)27)2-1-5-28-20/h1-8,10H,9H2. The molecule has 2 aromatic carbocycles. The molecule has 5 nitrogen and oxygen atoms in total. The van der Waals surface area contributed by atoms with Crippen molar-refractivity contribution in [1.29, 1.82) is 0 Å². The Kier molecular flexibility index (Phi) is 5.33. The number of hydrogen-bond donors (Lipinski definition) is 0. The lowest BCUT2D eigenvalue weighted by Gasteiger charge is -2.14. The molecule has 0 aliphatic rings. The van der Waals surface area contributed by atoms with Crippen molar-refractivity contribution >= 4 is 10.9 Å². The van der Waals surface area contributed by atoms with E-state index >= 15 is 0 Å². The summed E-state index contributed by atoms with van der Waals surface area (Å²) in [5.41, 5.74) is -2.01. The van der Waals surface area contributed by atoms with E-state index in [1.54, 1.807) is 0 Å². The summed E-state index contributed by atoms with van der Waals surface area (Å²) in [6.45, 7) is -0.214. The number of hydrogen-bond acceptors (Lipinski definition) is 4. The van der Waals surface area contributed by atoms with Gasteiger partial charge >= 0.3 is 6.18 Å². The molecule has 0 fully saturated rings. The van der Waals surface area contributed by atoms with E-state index in [9.17, 15) is 31.1 Å². The second kappa shape index (κ2) is 7.98. The molecule has 0 aliphatic carbocycles. The fraction of sp³-hybridized carbons (Fsp3) is 0.0952. The third-order valence-corrected chi connectivity index (χ3v) is 4.54. The van der Waals surface area contributed by atoms with Gasteiger partial charge in [0.1, 0.15) is 17.2 Å². The summed E-state index contributed by atoms with van der Waals surface area (Å²) in [7, 11) is 0. The molecule has 32 heavy (non-hydrogen) atoms. The molecule has 0 radical (unpaired) electrons. The smallest absolute Gasteiger partial charge is 0.421 e. The average molecular weight is 451 g/mol. The molecule has 0 spiro atoms. The fourth-order valence-electron chi connectivity index (χ4n) is 3.04. The second-order valence-electron chi connectivity index (χ2n) is 6.67. The topological polar surface area (TPSA) is 57.0 Å². The zero-order valence-electron chi connectivity index (χ0n) is 15.8. The monoisotopic (exact) mass is 451 g/mol. The Balaban J connectivity index is 1.78. The van der Waals surface area contributed by atoms with Crippen molar-refractivity contribution in [2.24, 2.45) is 0 Å². The van der Waals surface area contributed by atoms with E-state index in [-0.39, 0.29) is 23.0 Å². The maximum Gasteiger partial charge on any atom is 0.421 e. The number of aromatic nitrogens is 3. The van der Waals surface area contributed by atoms with E-state index in [1.807, 2.05) is 0 Å². The van der Waals surface area contributed by atoms with E-state index in [4.69, 9.17) is 4.74 Å². The largest absolute Gasteiger partial charge is 0.435 e. The Morgan fingerprint density at radius 2 is 1.75 bits per heavy atom. The summed E-state index contributed by atoms with van der Waals surface area (Å²) in [5.74, 6) is -4.29. The highest BCUT2D eigenvalue weighted by Crippen LogP contribution is 2.37. The van der Waals surface area contributed by atoms with Crippen LogP contribution in [0.5, 0.6) is 11.6 Å². The van der Waals surface area contributed by atoms with Crippen molar-refractivity contribution in [3.05, 3.63) is 93.9 Å². The first-order valence-electron chi connectivity index (χ1n) is 8.96. The van der Waals surface area contributed by atoms with Crippen LogP contribution in [0.1, 0.15) is 11.1 Å². The summed E-state index contributed by atoms with van der Waals surface area (Å²) in [6, 6.07) is 6.40. The van der Waals surface area contributed by atoms with Crippen LogP contribution in [0.3, 0.4) is 0 Å². The maximum atomic E-state index is 14.7. The molecule has 0 saturated heterocycles. The van der Waals surface area contributed by atoms with Gasteiger partial charge in [0.05, 0.1) is 23.8 Å². The molecule has 0 atom stereocenters. The molecule has 4 rings (SSSR count). The molecule has 0 bridgehead atoms. The zero-order chi connectivity index (χ0) is 23.0. The van der Waals surface area contributed by atoms with Gasteiger partial charge in [0, 0.05) is 23.9 Å². The predicted molar refractivity (Wildman–Crippen MR) is 101 cm³/mol. The van der Waals surface area contributed by atoms with Crippen LogP contribution in [0.15, 0.2) is 59.8 Å². The first-order valence-corrected chi connectivity index (χ1v) is 8.96. The van der Waals surface area contributed by atoms with Gasteiger partial charge in [0.25, 0.3) is 5.56 Å². The number of nitrogens with zero attached hydrogens (tertiary/aromatic N) is 3. The van der Waals surface area contributed by atoms with Crippen LogP contribution < -0.4 is 10.3 Å². The normalized spacial score (nSPS) is 11.7. The van der Waals surface area contributed by atoms with Gasteiger partial charge in [0.2, 0.25) is 5.88 Å². The van der Waals surface area contributed by atoms with Gasteiger partial charge in [-0.15, -0.1) is 0 Å². The lowest BCUT2D eigenvalue weighted by Crippen LogP contribution is -2.14. The molecule has 0 aliphatic heterocycles. The molecule has 0 amide bonds. The summed E-state index contributed by atoms with van der Waals surface area (Å²) < 4.78 is 87.6. The Bertz CT molecular complexity index is 1380. The second-order valence-corrected chi connectivity index (χ2v) is 6.67. The molecule has 0 saturated carbocycles. The molecular formula is C21H11F6N3O2. The van der Waals surface area contributed by atoms with Gasteiger partial charge in [-0.1, -0.05) is 6.07 Å². The highest BCUT2D eigenvalue weighted by Gasteiger charge is 2.35. The van der Waals surface area contributed by atoms with Gasteiger partial charge < -0.3 is 9.30 Å². The quantitative estimate of drug-likeness (QED) is 0.407. The minimum Gasteiger partial charge on any atom is -0.435 e. The van der Waals surface area contributed by atoms with Crippen LogP contribution in [0.2, 0.25) is 0 Å². The fourth-order valence-corrected chi connectivity index (χ4v) is 3.04. The van der Waals surface area contributed by atoms with E-state index in [0.717, 1.165) is 36.8 Å². The van der Waals surface area contributed by atoms with Gasteiger partial charge in [-0.3, -0.25) is 4.79 Å². The van der Waals surface area contributed by atoms with Crippen LogP contribution in [-0.2, 0) is 12.7 Å². The van der Waals surface area contributed by atoms with Gasteiger partial charge in [-0.2, -0.15) is 18.2 Å². The van der Waals surface area contributed by atoms with Crippen molar-refractivity contribution in [2.75, 3.05) is 0 Å². The zero-order valence-corrected chi connectivity index (χ0v) is 15.8. The summed E-state index contributed by atoms with van der Waals surface area (Å²) in [4.78, 5) is 19.3. The third kappa shape index (κ3) is 4.13. The molecule has 0 unspecified atom stereocenters. The minimum atomic E-state index is -4.80. The lowest BCUT2D eigenvalue weighted by atomic mass is 10.1. The lowest BCUT2D eigenvalue weighted by molar-refractivity contribution is -0.138. The number of alkyl halides is 3. The molecule has 2 heterocycles. The SMILES string of the molecule is O=c1ncn(Cc2ccc(F)cc2F)c2cc(F)c(Oc3ncccc3C(F)(F)F)cc12. The molecular weight excluding hydrogens is 440 g/mol. The third-order valence-electron chi connectivity index (χ3n) is 4.54. The number of benzene rings is 2. The number of ether oxygens (including phenoxy) is 1. The minimum absolute atomic E-state index is 0.0179. The molecule has 4 aromatic rings. The predicted octanol–water partition coefficient (Wildman–Crippen LogP) is 5.07. The van der Waals surface area contributed by atoms with Crippen LogP contribution in [-0.4, -0.2) is 14.5 Å². The van der Waals surface area contributed by atoms with Crippen LogP contribution in [0, 0.1) is 17.5 Å². The maximum absolute atomic E-state index is 14.7. The average Bonchev–Trinajstić information content (AvgIpc) is 2.72. The van der Waals surface area contributed by atoms with Crippen molar-refractivity contribution in [2.45, 2.75) is 12.7 Å². The Morgan fingerprint density at radius 1 is 0.969 bits per heavy atom. The van der Waals surface area contributed by atoms with Crippen molar-refractivity contribution in [3.8, 4) is 11.6 Å². The number of fused-ring (bicyclic) bond motifs is 1. The molecule has 2 aromatic heterocycles. The summed E-state index contributed by atoms with van der Waals surface area (Å²) in [5, 5.41) is -0.184. The van der Waals surface area contributed by atoms with E-state index in [0.29, 0.717) is 12.1 Å². The number of pyridine rings is 1. The first-order chi connectivity index (χ1) is 15.1. The van der Waals surface area contributed by atoms with E-state index in [2.05, 4.69) is 9.97 Å². The van der Waals surface area contributed by atoms with Gasteiger partial charge in [-0.05, 0) is 24.3 Å². The molecule has 164 valence electrons. The number of rotatable bonds is 4. The van der Waals surface area contributed by atoms with Crippen molar-refractivity contribution in [3.63, 3.8) is 0 Å². The van der Waals surface area contributed by atoms with Gasteiger partial charge in [0.15, 0.2) is 11.6 Å². The Labute approximate surface area is 175 Å². The Hall–Kier alpha value is -3.89. The van der Waals surface area contributed by atoms with Crippen LogP contribution in [0.4, 0.5) is 26.3 Å². The van der Waals surface area contributed by atoms with E-state index < -0.39 is 46.4 Å². The summed E-state index contributed by atoms with van der Waals surface area (Å²) in [6.07, 6.45) is -2.71. The highest BCUT2D eigenvalue weighted by molar-refractivity contribution is 5.80. The van der Waals surface area contributed by atoms with Crippen molar-refractivity contribution < 1.29 is 31.1 Å². The van der Waals surface area contributed by atoms with Crippen LogP contribution >= 0.6 is 0 Å². The molecule has 0 N–H and O–H groups in total. The van der Waals surface area contributed by atoms with Crippen molar-refractivity contribution in [1.82, 2.24) is 14.5 Å². The first kappa shape index (κ1) is 21.3. The highest BCUT2D eigenvalue weighted by atomic mass is 19.4. The Morgan fingerprint density at radius 3 is 2.47 bits per heavy atom. The summed E-state index contributed by atoms with van der Waals surface area (Å²) >= 11 is 0. The van der Waals surface area contributed by atoms with Gasteiger partial charge in [-0.25, -0.2) is 18.2 Å². The van der Waals surface area contributed by atoms with E-state index in [1.165, 1.54) is 10.6 Å². The van der Waals surface area contributed by atoms with Crippen LogP contribution in [0.25, 0.3) is 10.9 Å². The molecule has 11 heteroatoms.